The zero-order valence-electron chi connectivity index (χ0n) is 18.0. The van der Waals surface area contributed by atoms with Crippen molar-refractivity contribution in [3.8, 4) is 5.75 Å². The van der Waals surface area contributed by atoms with Crippen LogP contribution in [0.3, 0.4) is 0 Å². The van der Waals surface area contributed by atoms with E-state index in [4.69, 9.17) is 4.74 Å². The smallest absolute Gasteiger partial charge is 0.258 e. The highest BCUT2D eigenvalue weighted by Crippen LogP contribution is 2.17. The third-order valence-electron chi connectivity index (χ3n) is 5.43. The molecule has 0 aliphatic rings. The summed E-state index contributed by atoms with van der Waals surface area (Å²) in [5.74, 6) is 0.594. The van der Waals surface area contributed by atoms with Gasteiger partial charge in [-0.2, -0.15) is 0 Å². The van der Waals surface area contributed by atoms with Crippen LogP contribution in [0.15, 0.2) is 83.9 Å². The molecular weight excluding hydrogens is 402 g/mol. The second-order valence-electron chi connectivity index (χ2n) is 7.51. The van der Waals surface area contributed by atoms with Gasteiger partial charge >= 0.3 is 0 Å². The van der Waals surface area contributed by atoms with Crippen LogP contribution in [-0.2, 0) is 19.4 Å². The van der Waals surface area contributed by atoms with Crippen molar-refractivity contribution in [1.82, 2.24) is 14.9 Å². The molecule has 162 valence electrons. The zero-order chi connectivity index (χ0) is 22.3. The number of aryl methyl sites for hydroxylation is 2. The topological polar surface area (TPSA) is 73.2 Å². The number of hydrogen-bond acceptors (Lipinski definition) is 4. The van der Waals surface area contributed by atoms with E-state index in [-0.39, 0.29) is 11.5 Å². The highest BCUT2D eigenvalue weighted by Gasteiger charge is 2.14. The molecule has 0 atom stereocenters. The van der Waals surface area contributed by atoms with E-state index in [0.29, 0.717) is 42.3 Å². The van der Waals surface area contributed by atoms with Crippen LogP contribution in [0.25, 0.3) is 10.8 Å². The molecule has 32 heavy (non-hydrogen) atoms. The summed E-state index contributed by atoms with van der Waals surface area (Å²) in [5.41, 5.74) is 2.41. The maximum Gasteiger partial charge on any atom is 0.258 e. The highest BCUT2D eigenvalue weighted by atomic mass is 16.5. The number of rotatable bonds is 8. The molecule has 6 nitrogen and oxygen atoms in total. The van der Waals surface area contributed by atoms with Gasteiger partial charge in [0, 0.05) is 48.4 Å². The Hall–Kier alpha value is -3.93. The Labute approximate surface area is 186 Å². The first-order valence-corrected chi connectivity index (χ1v) is 10.6. The number of nitrogens with one attached hydrogen (secondary N) is 1. The van der Waals surface area contributed by atoms with Gasteiger partial charge in [-0.05, 0) is 42.3 Å². The molecule has 2 aromatic carbocycles. The molecule has 0 spiro atoms. The van der Waals surface area contributed by atoms with Crippen molar-refractivity contribution in [3.05, 3.63) is 106 Å². The molecule has 6 heteroatoms. The SMILES string of the molecule is COc1ccc(CCn2cc(C(=O)NCCc3ccccn3)c3ccccc3c2=O)cc1. The van der Waals surface area contributed by atoms with Crippen LogP contribution in [0.5, 0.6) is 5.75 Å². The first-order valence-electron chi connectivity index (χ1n) is 10.6. The molecule has 0 fully saturated rings. The van der Waals surface area contributed by atoms with Crippen LogP contribution in [0.1, 0.15) is 21.6 Å². The number of pyridine rings is 2. The van der Waals surface area contributed by atoms with E-state index in [1.807, 2.05) is 60.7 Å². The van der Waals surface area contributed by atoms with E-state index < -0.39 is 0 Å². The molecule has 0 saturated heterocycles. The lowest BCUT2D eigenvalue weighted by Gasteiger charge is -2.13. The Kier molecular flexibility index (Phi) is 6.60. The minimum absolute atomic E-state index is 0.0980. The first kappa shape index (κ1) is 21.3. The van der Waals surface area contributed by atoms with Gasteiger partial charge in [-0.1, -0.05) is 36.4 Å². The number of aromatic nitrogens is 2. The van der Waals surface area contributed by atoms with Crippen molar-refractivity contribution in [2.24, 2.45) is 0 Å². The van der Waals surface area contributed by atoms with Crippen molar-refractivity contribution in [1.29, 1.82) is 0 Å². The standard InChI is InChI=1S/C26H25N3O3/c1-32-21-11-9-19(10-12-21)14-17-29-18-24(22-7-2-3-8-23(22)26(29)31)25(30)28-16-13-20-6-4-5-15-27-20/h2-12,15,18H,13-14,16-17H2,1H3,(H,28,30). The summed E-state index contributed by atoms with van der Waals surface area (Å²) in [4.78, 5) is 30.3. The van der Waals surface area contributed by atoms with Gasteiger partial charge in [-0.3, -0.25) is 14.6 Å². The normalized spacial score (nSPS) is 10.8. The number of amides is 1. The summed E-state index contributed by atoms with van der Waals surface area (Å²) >= 11 is 0. The summed E-state index contributed by atoms with van der Waals surface area (Å²) in [5, 5.41) is 4.17. The predicted octanol–water partition coefficient (Wildman–Crippen LogP) is 3.62. The van der Waals surface area contributed by atoms with Crippen molar-refractivity contribution in [2.75, 3.05) is 13.7 Å². The van der Waals surface area contributed by atoms with Gasteiger partial charge in [0.2, 0.25) is 0 Å². The maximum absolute atomic E-state index is 13.0. The Balaban J connectivity index is 1.55. The number of methoxy groups -OCH3 is 1. The van der Waals surface area contributed by atoms with Gasteiger partial charge in [0.15, 0.2) is 0 Å². The molecular formula is C26H25N3O3. The summed E-state index contributed by atoms with van der Waals surface area (Å²) in [6, 6.07) is 20.7. The number of ether oxygens (including phenoxy) is 1. The van der Waals surface area contributed by atoms with Crippen molar-refractivity contribution in [3.63, 3.8) is 0 Å². The minimum atomic E-state index is -0.199. The second-order valence-corrected chi connectivity index (χ2v) is 7.51. The number of hydrogen-bond donors (Lipinski definition) is 1. The van der Waals surface area contributed by atoms with E-state index in [9.17, 15) is 9.59 Å². The van der Waals surface area contributed by atoms with E-state index in [1.54, 1.807) is 30.1 Å². The van der Waals surface area contributed by atoms with Crippen molar-refractivity contribution < 1.29 is 9.53 Å². The fourth-order valence-corrected chi connectivity index (χ4v) is 3.68. The average Bonchev–Trinajstić information content (AvgIpc) is 2.84. The molecule has 0 bridgehead atoms. The van der Waals surface area contributed by atoms with Crippen molar-refractivity contribution >= 4 is 16.7 Å². The summed E-state index contributed by atoms with van der Waals surface area (Å²) < 4.78 is 6.82. The van der Waals surface area contributed by atoms with E-state index in [1.165, 1.54) is 0 Å². The zero-order valence-corrected chi connectivity index (χ0v) is 18.0. The Morgan fingerprint density at radius 2 is 1.72 bits per heavy atom. The number of benzene rings is 2. The van der Waals surface area contributed by atoms with Crippen LogP contribution in [0.4, 0.5) is 0 Å². The van der Waals surface area contributed by atoms with E-state index in [0.717, 1.165) is 17.0 Å². The van der Waals surface area contributed by atoms with Crippen LogP contribution in [-0.4, -0.2) is 29.1 Å². The fraction of sp³-hybridized carbons (Fsp3) is 0.192. The average molecular weight is 428 g/mol. The minimum Gasteiger partial charge on any atom is -0.497 e. The number of carbonyl (C=O) groups is 1. The van der Waals surface area contributed by atoms with Gasteiger partial charge in [0.25, 0.3) is 11.5 Å². The molecule has 0 aliphatic carbocycles. The highest BCUT2D eigenvalue weighted by molar-refractivity contribution is 6.06. The fourth-order valence-electron chi connectivity index (χ4n) is 3.68. The monoisotopic (exact) mass is 427 g/mol. The van der Waals surface area contributed by atoms with Gasteiger partial charge in [0.1, 0.15) is 5.75 Å². The third kappa shape index (κ3) is 4.86. The van der Waals surface area contributed by atoms with Crippen LogP contribution in [0.2, 0.25) is 0 Å². The second kappa shape index (κ2) is 9.92. The number of carbonyl (C=O) groups excluding carboxylic acids is 1. The quantitative estimate of drug-likeness (QED) is 0.466. The van der Waals surface area contributed by atoms with E-state index in [2.05, 4.69) is 10.3 Å². The largest absolute Gasteiger partial charge is 0.497 e. The Morgan fingerprint density at radius 1 is 0.969 bits per heavy atom. The third-order valence-corrected chi connectivity index (χ3v) is 5.43. The summed E-state index contributed by atoms with van der Waals surface area (Å²) in [7, 11) is 1.63. The summed E-state index contributed by atoms with van der Waals surface area (Å²) in [6.45, 7) is 0.944. The molecule has 2 aromatic heterocycles. The first-order chi connectivity index (χ1) is 15.7. The van der Waals surface area contributed by atoms with Gasteiger partial charge in [0.05, 0.1) is 12.7 Å². The molecule has 4 rings (SSSR count). The van der Waals surface area contributed by atoms with Gasteiger partial charge < -0.3 is 14.6 Å². The Morgan fingerprint density at radius 3 is 2.44 bits per heavy atom. The van der Waals surface area contributed by atoms with Gasteiger partial charge in [-0.25, -0.2) is 0 Å². The van der Waals surface area contributed by atoms with Crippen LogP contribution < -0.4 is 15.6 Å². The van der Waals surface area contributed by atoms with Crippen molar-refractivity contribution in [2.45, 2.75) is 19.4 Å². The molecule has 4 aromatic rings. The molecule has 0 aliphatic heterocycles. The molecule has 0 saturated carbocycles. The maximum atomic E-state index is 13.0. The molecule has 1 amide bonds. The van der Waals surface area contributed by atoms with Crippen LogP contribution >= 0.6 is 0 Å². The number of nitrogens with zero attached hydrogens (tertiary/aromatic N) is 2. The lowest BCUT2D eigenvalue weighted by atomic mass is 10.1. The molecule has 0 radical (unpaired) electrons. The number of fused-ring (bicyclic) bond motifs is 1. The predicted molar refractivity (Wildman–Crippen MR) is 125 cm³/mol. The summed E-state index contributed by atoms with van der Waals surface area (Å²) in [6.07, 6.45) is 4.72. The lowest BCUT2D eigenvalue weighted by molar-refractivity contribution is 0.0955. The molecule has 0 unspecified atom stereocenters. The Bertz CT molecular complexity index is 1270. The van der Waals surface area contributed by atoms with Crippen LogP contribution in [0, 0.1) is 0 Å². The van der Waals surface area contributed by atoms with E-state index >= 15 is 0 Å². The molecule has 1 N–H and O–H groups in total. The lowest BCUT2D eigenvalue weighted by Crippen LogP contribution is -2.29. The van der Waals surface area contributed by atoms with Gasteiger partial charge in [-0.15, -0.1) is 0 Å². The molecule has 2 heterocycles.